The monoisotopic (exact) mass is 310 g/mol. The molecule has 1 fully saturated rings. The van der Waals surface area contributed by atoms with Crippen molar-refractivity contribution in [1.29, 1.82) is 0 Å². The quantitative estimate of drug-likeness (QED) is 0.835. The zero-order valence-corrected chi connectivity index (χ0v) is 15.2. The van der Waals surface area contributed by atoms with Crippen molar-refractivity contribution in [2.75, 3.05) is 0 Å². The fourth-order valence-electron chi connectivity index (χ4n) is 3.56. The molecule has 0 bridgehead atoms. The number of primary amides is 1. The molecule has 0 heterocycles. The van der Waals surface area contributed by atoms with Crippen molar-refractivity contribution in [2.45, 2.75) is 85.6 Å². The van der Waals surface area contributed by atoms with Crippen molar-refractivity contribution in [1.82, 2.24) is 5.32 Å². The number of carbonyl (C=O) groups excluding carboxylic acids is 2. The SMILES string of the molecule is CC(C)(C)C[C@@H](C(=O)NC(C)(C)C)C1(C(N)=O)CCCCC1. The second-order valence-electron chi connectivity index (χ2n) is 9.14. The zero-order chi connectivity index (χ0) is 17.2. The molecule has 0 aromatic carbocycles. The van der Waals surface area contributed by atoms with Gasteiger partial charge in [0.15, 0.2) is 0 Å². The minimum Gasteiger partial charge on any atom is -0.369 e. The Morgan fingerprint density at radius 2 is 1.55 bits per heavy atom. The summed E-state index contributed by atoms with van der Waals surface area (Å²) >= 11 is 0. The Bertz CT molecular complexity index is 410. The van der Waals surface area contributed by atoms with E-state index in [0.717, 1.165) is 32.1 Å². The summed E-state index contributed by atoms with van der Waals surface area (Å²) in [6, 6.07) is 0. The summed E-state index contributed by atoms with van der Waals surface area (Å²) in [5.41, 5.74) is 4.79. The third kappa shape index (κ3) is 4.99. The first-order valence-electron chi connectivity index (χ1n) is 8.49. The molecule has 22 heavy (non-hydrogen) atoms. The molecule has 0 radical (unpaired) electrons. The predicted molar refractivity (Wildman–Crippen MR) is 90.2 cm³/mol. The number of carbonyl (C=O) groups is 2. The third-order valence-electron chi connectivity index (χ3n) is 4.53. The van der Waals surface area contributed by atoms with Crippen molar-refractivity contribution in [2.24, 2.45) is 22.5 Å². The van der Waals surface area contributed by atoms with Crippen molar-refractivity contribution < 1.29 is 9.59 Å². The van der Waals surface area contributed by atoms with E-state index in [9.17, 15) is 9.59 Å². The second kappa shape index (κ2) is 6.59. The lowest BCUT2D eigenvalue weighted by atomic mass is 9.61. The lowest BCUT2D eigenvalue weighted by Gasteiger charge is -2.43. The maximum atomic E-state index is 12.9. The van der Waals surface area contributed by atoms with Crippen LogP contribution in [-0.2, 0) is 9.59 Å². The Labute approximate surface area is 135 Å². The summed E-state index contributed by atoms with van der Waals surface area (Å²) < 4.78 is 0. The van der Waals surface area contributed by atoms with E-state index in [2.05, 4.69) is 26.1 Å². The number of nitrogens with one attached hydrogen (secondary N) is 1. The summed E-state index contributed by atoms with van der Waals surface area (Å²) in [5, 5.41) is 3.07. The first-order valence-corrected chi connectivity index (χ1v) is 8.49. The topological polar surface area (TPSA) is 72.2 Å². The molecule has 0 spiro atoms. The summed E-state index contributed by atoms with van der Waals surface area (Å²) in [7, 11) is 0. The Morgan fingerprint density at radius 1 is 1.05 bits per heavy atom. The van der Waals surface area contributed by atoms with E-state index in [0.29, 0.717) is 6.42 Å². The average Bonchev–Trinajstić information content (AvgIpc) is 2.33. The van der Waals surface area contributed by atoms with Gasteiger partial charge < -0.3 is 11.1 Å². The molecular formula is C18H34N2O2. The van der Waals surface area contributed by atoms with Gasteiger partial charge in [-0.25, -0.2) is 0 Å². The molecule has 3 N–H and O–H groups in total. The largest absolute Gasteiger partial charge is 0.369 e. The van der Waals surface area contributed by atoms with Crippen LogP contribution in [0.15, 0.2) is 0 Å². The first kappa shape index (κ1) is 19.0. The van der Waals surface area contributed by atoms with Gasteiger partial charge in [0.05, 0.1) is 11.3 Å². The van der Waals surface area contributed by atoms with Crippen LogP contribution < -0.4 is 11.1 Å². The lowest BCUT2D eigenvalue weighted by molar-refractivity contribution is -0.145. The van der Waals surface area contributed by atoms with Crippen molar-refractivity contribution >= 4 is 11.8 Å². The molecule has 1 aliphatic carbocycles. The van der Waals surface area contributed by atoms with Crippen LogP contribution in [0.3, 0.4) is 0 Å². The van der Waals surface area contributed by atoms with Crippen LogP contribution in [0.25, 0.3) is 0 Å². The van der Waals surface area contributed by atoms with Gasteiger partial charge in [-0.2, -0.15) is 0 Å². The number of hydrogen-bond acceptors (Lipinski definition) is 2. The third-order valence-corrected chi connectivity index (χ3v) is 4.53. The highest BCUT2D eigenvalue weighted by Crippen LogP contribution is 2.46. The molecule has 0 aliphatic heterocycles. The van der Waals surface area contributed by atoms with E-state index in [1.165, 1.54) is 0 Å². The van der Waals surface area contributed by atoms with Gasteiger partial charge in [0.25, 0.3) is 0 Å². The smallest absolute Gasteiger partial charge is 0.224 e. The molecule has 0 aromatic heterocycles. The molecule has 4 heteroatoms. The fourth-order valence-corrected chi connectivity index (χ4v) is 3.56. The molecule has 128 valence electrons. The van der Waals surface area contributed by atoms with Gasteiger partial charge >= 0.3 is 0 Å². The Balaban J connectivity index is 3.16. The average molecular weight is 310 g/mol. The number of rotatable bonds is 4. The van der Waals surface area contributed by atoms with E-state index in [-0.39, 0.29) is 28.7 Å². The van der Waals surface area contributed by atoms with Crippen LogP contribution in [0.1, 0.15) is 80.1 Å². The van der Waals surface area contributed by atoms with E-state index >= 15 is 0 Å². The summed E-state index contributed by atoms with van der Waals surface area (Å²) in [6.07, 6.45) is 5.23. The summed E-state index contributed by atoms with van der Waals surface area (Å²) in [6.45, 7) is 12.2. The first-order chi connectivity index (χ1) is 9.87. The lowest BCUT2D eigenvalue weighted by Crippen LogP contribution is -2.54. The standard InChI is InChI=1S/C18H34N2O2/c1-16(2,3)12-13(14(21)20-17(4,5)6)18(15(19)22)10-8-7-9-11-18/h13H,7-12H2,1-6H3,(H2,19,22)(H,20,21)/t13-/m0/s1. The van der Waals surface area contributed by atoms with E-state index in [1.807, 2.05) is 20.8 Å². The molecule has 0 unspecified atom stereocenters. The molecular weight excluding hydrogens is 276 g/mol. The van der Waals surface area contributed by atoms with Crippen LogP contribution in [0.5, 0.6) is 0 Å². The van der Waals surface area contributed by atoms with Crippen molar-refractivity contribution in [3.63, 3.8) is 0 Å². The molecule has 4 nitrogen and oxygen atoms in total. The van der Waals surface area contributed by atoms with Gasteiger partial charge in [-0.3, -0.25) is 9.59 Å². The molecule has 1 atom stereocenters. The fraction of sp³-hybridized carbons (Fsp3) is 0.889. The minimum absolute atomic E-state index is 0.0249. The van der Waals surface area contributed by atoms with E-state index < -0.39 is 5.41 Å². The van der Waals surface area contributed by atoms with Gasteiger partial charge in [0.2, 0.25) is 11.8 Å². The molecule has 1 rings (SSSR count). The van der Waals surface area contributed by atoms with Gasteiger partial charge in [-0.05, 0) is 45.4 Å². The van der Waals surface area contributed by atoms with Gasteiger partial charge in [0.1, 0.15) is 0 Å². The minimum atomic E-state index is -0.680. The Kier molecular flexibility index (Phi) is 5.69. The predicted octanol–water partition coefficient (Wildman–Crippen LogP) is 3.39. The molecule has 1 saturated carbocycles. The maximum absolute atomic E-state index is 12.9. The van der Waals surface area contributed by atoms with Crippen molar-refractivity contribution in [3.8, 4) is 0 Å². The number of hydrogen-bond donors (Lipinski definition) is 2. The van der Waals surface area contributed by atoms with E-state index in [1.54, 1.807) is 0 Å². The summed E-state index contributed by atoms with van der Waals surface area (Å²) in [5.74, 6) is -0.668. The van der Waals surface area contributed by atoms with Gasteiger partial charge in [-0.15, -0.1) is 0 Å². The molecule has 0 saturated heterocycles. The highest BCUT2D eigenvalue weighted by Gasteiger charge is 2.49. The zero-order valence-electron chi connectivity index (χ0n) is 15.2. The molecule has 1 aliphatic rings. The van der Waals surface area contributed by atoms with Crippen LogP contribution in [0.4, 0.5) is 0 Å². The van der Waals surface area contributed by atoms with Crippen LogP contribution in [0.2, 0.25) is 0 Å². The van der Waals surface area contributed by atoms with E-state index in [4.69, 9.17) is 5.73 Å². The summed E-state index contributed by atoms with van der Waals surface area (Å²) in [4.78, 5) is 25.2. The van der Waals surface area contributed by atoms with Crippen molar-refractivity contribution in [3.05, 3.63) is 0 Å². The van der Waals surface area contributed by atoms with Crippen LogP contribution in [-0.4, -0.2) is 17.4 Å². The van der Waals surface area contributed by atoms with Gasteiger partial charge in [-0.1, -0.05) is 40.0 Å². The highest BCUT2D eigenvalue weighted by atomic mass is 16.2. The normalized spacial score (nSPS) is 20.3. The number of nitrogens with two attached hydrogens (primary N) is 1. The van der Waals surface area contributed by atoms with Crippen LogP contribution >= 0.6 is 0 Å². The highest BCUT2D eigenvalue weighted by molar-refractivity contribution is 5.90. The molecule has 2 amide bonds. The number of amides is 2. The Hall–Kier alpha value is -1.06. The Morgan fingerprint density at radius 3 is 1.91 bits per heavy atom. The second-order valence-corrected chi connectivity index (χ2v) is 9.14. The van der Waals surface area contributed by atoms with Gasteiger partial charge in [0, 0.05) is 5.54 Å². The van der Waals surface area contributed by atoms with Crippen LogP contribution in [0, 0.1) is 16.7 Å². The molecule has 0 aromatic rings. The maximum Gasteiger partial charge on any atom is 0.224 e.